The van der Waals surface area contributed by atoms with Crippen molar-refractivity contribution in [3.05, 3.63) is 24.0 Å². The molecule has 1 aliphatic heterocycles. The third kappa shape index (κ3) is 5.56. The molecule has 8 heteroatoms. The number of benzene rings is 1. The highest BCUT2D eigenvalue weighted by atomic mass is 19.1. The van der Waals surface area contributed by atoms with Crippen LogP contribution in [-0.4, -0.2) is 60.3 Å². The minimum Gasteiger partial charge on any atom is -0.394 e. The maximum Gasteiger partial charge on any atom is 0.319 e. The molecule has 2 rings (SSSR count). The number of carbonyl (C=O) groups is 2. The number of amides is 3. The van der Waals surface area contributed by atoms with Gasteiger partial charge in [0.1, 0.15) is 5.82 Å². The topological polar surface area (TPSA) is 84.9 Å². The summed E-state index contributed by atoms with van der Waals surface area (Å²) in [5, 5.41) is 14.9. The molecule has 3 amide bonds. The maximum absolute atomic E-state index is 13.8. The van der Waals surface area contributed by atoms with Gasteiger partial charge >= 0.3 is 6.03 Å². The second-order valence-corrected chi connectivity index (χ2v) is 7.16. The number of urea groups is 1. The van der Waals surface area contributed by atoms with Crippen molar-refractivity contribution in [1.82, 2.24) is 10.2 Å². The van der Waals surface area contributed by atoms with E-state index in [9.17, 15) is 19.1 Å². The molecular weight excluding hydrogens is 351 g/mol. The highest BCUT2D eigenvalue weighted by Gasteiger charge is 2.24. The van der Waals surface area contributed by atoms with Crippen LogP contribution < -0.4 is 15.5 Å². The van der Waals surface area contributed by atoms with Crippen LogP contribution in [0, 0.1) is 5.82 Å². The van der Waals surface area contributed by atoms with Gasteiger partial charge in [-0.1, -0.05) is 6.92 Å². The van der Waals surface area contributed by atoms with Crippen molar-refractivity contribution in [2.75, 3.05) is 43.0 Å². The monoisotopic (exact) mass is 380 g/mol. The predicted molar refractivity (Wildman–Crippen MR) is 103 cm³/mol. The van der Waals surface area contributed by atoms with Gasteiger partial charge in [-0.25, -0.2) is 9.18 Å². The fourth-order valence-electron chi connectivity index (χ4n) is 3.02. The molecule has 0 bridgehead atoms. The van der Waals surface area contributed by atoms with E-state index in [2.05, 4.69) is 10.6 Å². The highest BCUT2D eigenvalue weighted by Crippen LogP contribution is 2.28. The number of rotatable bonds is 5. The van der Waals surface area contributed by atoms with Crippen LogP contribution in [0.2, 0.25) is 0 Å². The normalized spacial score (nSPS) is 17.1. The molecule has 1 heterocycles. The van der Waals surface area contributed by atoms with Crippen molar-refractivity contribution in [3.63, 3.8) is 0 Å². The van der Waals surface area contributed by atoms with Crippen molar-refractivity contribution < 1.29 is 19.1 Å². The zero-order valence-corrected chi connectivity index (χ0v) is 16.2. The van der Waals surface area contributed by atoms with E-state index in [1.807, 2.05) is 11.8 Å². The Morgan fingerprint density at radius 3 is 2.63 bits per heavy atom. The number of anilines is 2. The Morgan fingerprint density at radius 2 is 2.00 bits per heavy atom. The molecule has 150 valence electrons. The van der Waals surface area contributed by atoms with Crippen molar-refractivity contribution in [2.24, 2.45) is 0 Å². The molecule has 0 saturated carbocycles. The number of aliphatic hydroxyl groups excluding tert-OH is 1. The van der Waals surface area contributed by atoms with Gasteiger partial charge in [-0.05, 0) is 38.0 Å². The highest BCUT2D eigenvalue weighted by molar-refractivity contribution is 5.93. The van der Waals surface area contributed by atoms with Crippen LogP contribution in [0.25, 0.3) is 0 Å². The number of nitrogens with one attached hydrogen (secondary N) is 2. The minimum absolute atomic E-state index is 0.0385. The van der Waals surface area contributed by atoms with Gasteiger partial charge in [0.05, 0.1) is 23.5 Å². The Hall–Kier alpha value is -2.35. The van der Waals surface area contributed by atoms with Gasteiger partial charge in [0.25, 0.3) is 0 Å². The van der Waals surface area contributed by atoms with Crippen molar-refractivity contribution >= 4 is 23.3 Å². The first kappa shape index (κ1) is 21.0. The van der Waals surface area contributed by atoms with E-state index in [1.165, 1.54) is 12.1 Å². The molecule has 0 spiro atoms. The molecule has 1 fully saturated rings. The predicted octanol–water partition coefficient (Wildman–Crippen LogP) is 2.17. The Balaban J connectivity index is 2.17. The van der Waals surface area contributed by atoms with E-state index in [0.717, 1.165) is 6.42 Å². The van der Waals surface area contributed by atoms with Gasteiger partial charge in [0, 0.05) is 33.1 Å². The first-order chi connectivity index (χ1) is 12.8. The Bertz CT molecular complexity index is 679. The molecule has 0 aromatic heterocycles. The molecule has 1 aliphatic rings. The summed E-state index contributed by atoms with van der Waals surface area (Å²) in [7, 11) is 0. The molecule has 7 nitrogen and oxygen atoms in total. The van der Waals surface area contributed by atoms with Crippen molar-refractivity contribution in [2.45, 2.75) is 39.2 Å². The standard InChI is InChI=1S/C19H29FN4O3/c1-4-19(3,13-25)22-18(27)21-16-12-15(20)6-7-17(16)24-9-5-8-23(10-11-24)14(2)26/h6-7,12,25H,4-5,8-11,13H2,1-3H3,(H2,21,22,27). The molecular formula is C19H29FN4O3. The van der Waals surface area contributed by atoms with Crippen LogP contribution >= 0.6 is 0 Å². The lowest BCUT2D eigenvalue weighted by Crippen LogP contribution is -2.50. The van der Waals surface area contributed by atoms with E-state index in [4.69, 9.17) is 0 Å². The van der Waals surface area contributed by atoms with Crippen molar-refractivity contribution in [1.29, 1.82) is 0 Å². The van der Waals surface area contributed by atoms with Crippen LogP contribution in [-0.2, 0) is 4.79 Å². The molecule has 3 N–H and O–H groups in total. The second-order valence-electron chi connectivity index (χ2n) is 7.16. The van der Waals surface area contributed by atoms with E-state index in [0.29, 0.717) is 44.0 Å². The summed E-state index contributed by atoms with van der Waals surface area (Å²) in [5.41, 5.74) is 0.321. The summed E-state index contributed by atoms with van der Waals surface area (Å²) in [6.45, 7) is 7.53. The third-order valence-corrected chi connectivity index (χ3v) is 5.03. The second kappa shape index (κ2) is 9.03. The number of carbonyl (C=O) groups excluding carboxylic acids is 2. The van der Waals surface area contributed by atoms with Gasteiger partial charge in [0.2, 0.25) is 5.91 Å². The zero-order valence-electron chi connectivity index (χ0n) is 16.2. The lowest BCUT2D eigenvalue weighted by Gasteiger charge is -2.29. The quantitative estimate of drug-likeness (QED) is 0.731. The molecule has 27 heavy (non-hydrogen) atoms. The molecule has 0 aliphatic carbocycles. The minimum atomic E-state index is -0.748. The first-order valence-corrected chi connectivity index (χ1v) is 9.28. The fourth-order valence-corrected chi connectivity index (χ4v) is 3.02. The summed E-state index contributed by atoms with van der Waals surface area (Å²) in [6.07, 6.45) is 1.35. The van der Waals surface area contributed by atoms with Crippen LogP contribution in [0.1, 0.15) is 33.6 Å². The van der Waals surface area contributed by atoms with Crippen LogP contribution in [0.3, 0.4) is 0 Å². The van der Waals surface area contributed by atoms with Crippen LogP contribution in [0.4, 0.5) is 20.6 Å². The number of halogens is 1. The summed E-state index contributed by atoms with van der Waals surface area (Å²) in [6, 6.07) is 3.78. The number of hydrogen-bond donors (Lipinski definition) is 3. The van der Waals surface area contributed by atoms with E-state index >= 15 is 0 Å². The molecule has 0 radical (unpaired) electrons. The summed E-state index contributed by atoms with van der Waals surface area (Å²) < 4.78 is 13.8. The van der Waals surface area contributed by atoms with Crippen LogP contribution in [0.5, 0.6) is 0 Å². The van der Waals surface area contributed by atoms with Gasteiger partial charge in [0.15, 0.2) is 0 Å². The number of nitrogens with zero attached hydrogens (tertiary/aromatic N) is 2. The van der Waals surface area contributed by atoms with Gasteiger partial charge in [-0.2, -0.15) is 0 Å². The Labute approximate surface area is 159 Å². The summed E-state index contributed by atoms with van der Waals surface area (Å²) in [5.74, 6) is -0.411. The summed E-state index contributed by atoms with van der Waals surface area (Å²) >= 11 is 0. The van der Waals surface area contributed by atoms with Crippen molar-refractivity contribution in [3.8, 4) is 0 Å². The number of hydrogen-bond acceptors (Lipinski definition) is 4. The smallest absolute Gasteiger partial charge is 0.319 e. The Morgan fingerprint density at radius 1 is 1.26 bits per heavy atom. The first-order valence-electron chi connectivity index (χ1n) is 9.28. The molecule has 1 atom stereocenters. The largest absolute Gasteiger partial charge is 0.394 e. The van der Waals surface area contributed by atoms with E-state index < -0.39 is 17.4 Å². The molecule has 1 aromatic carbocycles. The Kier molecular flexibility index (Phi) is 7.01. The molecule has 1 aromatic rings. The summed E-state index contributed by atoms with van der Waals surface area (Å²) in [4.78, 5) is 27.8. The average Bonchev–Trinajstić information content (AvgIpc) is 2.88. The zero-order chi connectivity index (χ0) is 20.0. The van der Waals surface area contributed by atoms with Gasteiger partial charge in [-0.3, -0.25) is 4.79 Å². The van der Waals surface area contributed by atoms with Gasteiger partial charge < -0.3 is 25.5 Å². The van der Waals surface area contributed by atoms with Gasteiger partial charge in [-0.15, -0.1) is 0 Å². The van der Waals surface area contributed by atoms with E-state index in [-0.39, 0.29) is 12.5 Å². The average molecular weight is 380 g/mol. The lowest BCUT2D eigenvalue weighted by molar-refractivity contribution is -0.128. The third-order valence-electron chi connectivity index (χ3n) is 5.03. The molecule has 1 saturated heterocycles. The maximum atomic E-state index is 13.8. The SMILES string of the molecule is CCC(C)(CO)NC(=O)Nc1cc(F)ccc1N1CCCN(C(C)=O)CC1. The molecule has 1 unspecified atom stereocenters. The van der Waals surface area contributed by atoms with Crippen LogP contribution in [0.15, 0.2) is 18.2 Å². The lowest BCUT2D eigenvalue weighted by atomic mass is 10.0. The van der Waals surface area contributed by atoms with E-state index in [1.54, 1.807) is 24.8 Å². The fraction of sp³-hybridized carbons (Fsp3) is 0.579. The number of aliphatic hydroxyl groups is 1.